The number of carboxylic acid groups (broad SMARTS) is 1. The number of rotatable bonds is 6. The number of hydrogen-bond acceptors (Lipinski definition) is 4. The lowest BCUT2D eigenvalue weighted by molar-refractivity contribution is 0.0697. The molecule has 0 fully saturated rings. The topological polar surface area (TPSA) is 62.2 Å². The van der Waals surface area contributed by atoms with Crippen molar-refractivity contribution in [1.82, 2.24) is 9.69 Å². The van der Waals surface area contributed by atoms with Gasteiger partial charge in [0.1, 0.15) is 0 Å². The third kappa shape index (κ3) is 3.87. The Kier molecular flexibility index (Phi) is 4.65. The van der Waals surface area contributed by atoms with E-state index in [1.54, 1.807) is 12.1 Å². The van der Waals surface area contributed by atoms with Crippen molar-refractivity contribution in [2.24, 2.45) is 0 Å². The molecule has 0 saturated heterocycles. The first-order chi connectivity index (χ1) is 9.16. The first kappa shape index (κ1) is 13.7. The van der Waals surface area contributed by atoms with Gasteiger partial charge in [-0.1, -0.05) is 12.1 Å². The molecule has 0 saturated carbocycles. The van der Waals surface area contributed by atoms with E-state index in [4.69, 9.17) is 5.11 Å². The monoisotopic (exact) mass is 276 g/mol. The van der Waals surface area contributed by atoms with Gasteiger partial charge in [-0.15, -0.1) is 0 Å². The molecule has 2 rings (SSSR count). The average Bonchev–Trinajstić information content (AvgIpc) is 2.81. The molecule has 0 radical (unpaired) electrons. The van der Waals surface area contributed by atoms with Gasteiger partial charge in [0.2, 0.25) is 0 Å². The van der Waals surface area contributed by atoms with E-state index in [0.29, 0.717) is 5.56 Å². The molecule has 0 unspecified atom stereocenters. The molecule has 0 aliphatic carbocycles. The van der Waals surface area contributed by atoms with Crippen LogP contribution in [0.4, 0.5) is 0 Å². The van der Waals surface area contributed by atoms with Gasteiger partial charge in [-0.3, -0.25) is 0 Å². The Balaban J connectivity index is 1.76. The minimum Gasteiger partial charge on any atom is -0.478 e. The summed E-state index contributed by atoms with van der Waals surface area (Å²) in [6.45, 7) is 3.70. The van der Waals surface area contributed by atoms with Crippen molar-refractivity contribution in [2.45, 2.75) is 19.9 Å². The minimum atomic E-state index is -0.884. The number of carboxylic acids is 1. The number of hydrogen-bond donors (Lipinski definition) is 2. The van der Waals surface area contributed by atoms with Crippen molar-refractivity contribution < 1.29 is 9.90 Å². The highest BCUT2D eigenvalue weighted by atomic mass is 32.1. The van der Waals surface area contributed by atoms with Gasteiger partial charge >= 0.3 is 5.97 Å². The van der Waals surface area contributed by atoms with Crippen molar-refractivity contribution >= 4 is 17.5 Å². The van der Waals surface area contributed by atoms with Gasteiger partial charge < -0.3 is 10.4 Å². The zero-order valence-electron chi connectivity index (χ0n) is 10.7. The van der Waals surface area contributed by atoms with Crippen LogP contribution in [-0.4, -0.2) is 22.0 Å². The molecule has 0 amide bonds. The van der Waals surface area contributed by atoms with Crippen LogP contribution in [-0.2, 0) is 13.0 Å². The normalized spacial score (nSPS) is 10.6. The Hall–Kier alpha value is -1.72. The predicted octanol–water partition coefficient (Wildman–Crippen LogP) is 2.48. The summed E-state index contributed by atoms with van der Waals surface area (Å²) in [7, 11) is 0. The molecule has 1 aromatic heterocycles. The summed E-state index contributed by atoms with van der Waals surface area (Å²) in [5.74, 6) is -0.884. The third-order valence-corrected chi connectivity index (χ3v) is 3.73. The molecule has 5 heteroatoms. The fourth-order valence-corrected chi connectivity index (χ4v) is 2.46. The van der Waals surface area contributed by atoms with Crippen LogP contribution >= 0.6 is 11.5 Å². The summed E-state index contributed by atoms with van der Waals surface area (Å²) in [6, 6.07) is 7.01. The maximum absolute atomic E-state index is 10.7. The van der Waals surface area contributed by atoms with Gasteiger partial charge in [0.15, 0.2) is 0 Å². The minimum absolute atomic E-state index is 0.330. The third-order valence-electron chi connectivity index (χ3n) is 2.96. The summed E-state index contributed by atoms with van der Waals surface area (Å²) >= 11 is 1.48. The second-order valence-corrected chi connectivity index (χ2v) is 4.98. The van der Waals surface area contributed by atoms with Crippen LogP contribution in [0.1, 0.15) is 27.2 Å². The summed E-state index contributed by atoms with van der Waals surface area (Å²) < 4.78 is 4.23. The van der Waals surface area contributed by atoms with E-state index in [0.717, 1.165) is 30.8 Å². The quantitative estimate of drug-likeness (QED) is 0.796. The van der Waals surface area contributed by atoms with Gasteiger partial charge in [-0.25, -0.2) is 4.79 Å². The molecule has 0 aliphatic rings. The summed E-state index contributed by atoms with van der Waals surface area (Å²) in [5, 5.41) is 14.2. The highest BCUT2D eigenvalue weighted by molar-refractivity contribution is 7.03. The highest BCUT2D eigenvalue weighted by Crippen LogP contribution is 2.08. The van der Waals surface area contributed by atoms with Crippen LogP contribution in [0.3, 0.4) is 0 Å². The predicted molar refractivity (Wildman–Crippen MR) is 75.7 cm³/mol. The second kappa shape index (κ2) is 6.45. The van der Waals surface area contributed by atoms with E-state index in [2.05, 4.69) is 15.1 Å². The van der Waals surface area contributed by atoms with Gasteiger partial charge in [-0.2, -0.15) is 4.37 Å². The summed E-state index contributed by atoms with van der Waals surface area (Å²) in [4.78, 5) is 10.7. The molecule has 0 atom stereocenters. The smallest absolute Gasteiger partial charge is 0.335 e. The molecule has 4 nitrogen and oxygen atoms in total. The number of aromatic nitrogens is 1. The summed E-state index contributed by atoms with van der Waals surface area (Å²) in [5.41, 5.74) is 3.80. The fraction of sp³-hybridized carbons (Fsp3) is 0.286. The van der Waals surface area contributed by atoms with Crippen molar-refractivity contribution in [3.63, 3.8) is 0 Å². The fourth-order valence-electron chi connectivity index (χ4n) is 1.75. The maximum Gasteiger partial charge on any atom is 0.335 e. The molecule has 100 valence electrons. The number of carbonyl (C=O) groups is 1. The molecular weight excluding hydrogens is 260 g/mol. The number of nitrogens with zero attached hydrogens (tertiary/aromatic N) is 1. The van der Waals surface area contributed by atoms with Crippen molar-refractivity contribution in [3.05, 3.63) is 52.0 Å². The van der Waals surface area contributed by atoms with Crippen LogP contribution in [0, 0.1) is 6.92 Å². The van der Waals surface area contributed by atoms with E-state index in [9.17, 15) is 4.79 Å². The molecule has 0 aliphatic heterocycles. The number of benzene rings is 1. The van der Waals surface area contributed by atoms with Crippen molar-refractivity contribution in [1.29, 1.82) is 0 Å². The van der Waals surface area contributed by atoms with Gasteiger partial charge in [0.05, 0.1) is 11.3 Å². The average molecular weight is 276 g/mol. The van der Waals surface area contributed by atoms with Crippen LogP contribution < -0.4 is 5.32 Å². The Morgan fingerprint density at radius 2 is 2.11 bits per heavy atom. The largest absolute Gasteiger partial charge is 0.478 e. The molecule has 0 spiro atoms. The van der Waals surface area contributed by atoms with Crippen LogP contribution in [0.2, 0.25) is 0 Å². The Morgan fingerprint density at radius 1 is 1.37 bits per heavy atom. The molecule has 2 aromatic rings. The van der Waals surface area contributed by atoms with Crippen molar-refractivity contribution in [2.75, 3.05) is 6.54 Å². The number of aromatic carboxylic acids is 1. The van der Waals surface area contributed by atoms with Gasteiger partial charge in [0.25, 0.3) is 0 Å². The highest BCUT2D eigenvalue weighted by Gasteiger charge is 2.02. The van der Waals surface area contributed by atoms with Crippen molar-refractivity contribution in [3.8, 4) is 0 Å². The molecular formula is C14H16N2O2S. The van der Waals surface area contributed by atoms with E-state index in [-0.39, 0.29) is 0 Å². The van der Waals surface area contributed by atoms with E-state index in [1.165, 1.54) is 17.1 Å². The van der Waals surface area contributed by atoms with Crippen LogP contribution in [0.15, 0.2) is 29.6 Å². The Morgan fingerprint density at radius 3 is 2.68 bits per heavy atom. The lowest BCUT2D eigenvalue weighted by Gasteiger charge is -2.04. The van der Waals surface area contributed by atoms with Crippen LogP contribution in [0.25, 0.3) is 0 Å². The lowest BCUT2D eigenvalue weighted by atomic mass is 10.1. The van der Waals surface area contributed by atoms with E-state index in [1.807, 2.05) is 19.1 Å². The standard InChI is InChI=1S/C14H16N2O2S/c1-10-13(9-19-16-10)8-15-7-6-11-2-4-12(5-3-11)14(17)18/h2-5,9,15H,6-8H2,1H3,(H,17,18). The molecule has 19 heavy (non-hydrogen) atoms. The number of nitrogens with one attached hydrogen (secondary N) is 1. The van der Waals surface area contributed by atoms with Gasteiger partial charge in [-0.05, 0) is 54.7 Å². The second-order valence-electron chi connectivity index (χ2n) is 4.35. The molecule has 0 bridgehead atoms. The molecule has 2 N–H and O–H groups in total. The molecule has 1 aromatic carbocycles. The van der Waals surface area contributed by atoms with E-state index >= 15 is 0 Å². The SMILES string of the molecule is Cc1nscc1CNCCc1ccc(C(=O)O)cc1. The Labute approximate surface area is 116 Å². The first-order valence-electron chi connectivity index (χ1n) is 6.09. The van der Waals surface area contributed by atoms with E-state index < -0.39 is 5.97 Å². The zero-order chi connectivity index (χ0) is 13.7. The first-order valence-corrected chi connectivity index (χ1v) is 6.93. The summed E-state index contributed by atoms with van der Waals surface area (Å²) in [6.07, 6.45) is 0.885. The zero-order valence-corrected chi connectivity index (χ0v) is 11.5. The Bertz CT molecular complexity index is 549. The van der Waals surface area contributed by atoms with Gasteiger partial charge in [0, 0.05) is 11.9 Å². The lowest BCUT2D eigenvalue weighted by Crippen LogP contribution is -2.16. The maximum atomic E-state index is 10.7. The number of aryl methyl sites for hydroxylation is 1. The molecule has 1 heterocycles. The van der Waals surface area contributed by atoms with Crippen LogP contribution in [0.5, 0.6) is 0 Å².